The minimum atomic E-state index is -4.47. The molecule has 0 saturated carbocycles. The van der Waals surface area contributed by atoms with Gasteiger partial charge in [-0.3, -0.25) is 18.6 Å². The molecular formula is C72H126N2O7P+. The van der Waals surface area contributed by atoms with Gasteiger partial charge in [0, 0.05) is 12.8 Å². The number of nitrogens with one attached hydrogen (secondary N) is 1. The van der Waals surface area contributed by atoms with Crippen LogP contribution in [0.3, 0.4) is 0 Å². The van der Waals surface area contributed by atoms with Crippen LogP contribution in [0.2, 0.25) is 0 Å². The molecule has 0 rings (SSSR count). The molecule has 0 fully saturated rings. The summed E-state index contributed by atoms with van der Waals surface area (Å²) in [6.07, 6.45) is 85.0. The van der Waals surface area contributed by atoms with E-state index in [0.717, 1.165) is 103 Å². The summed E-state index contributed by atoms with van der Waals surface area (Å²) in [5.74, 6) is -0.581. The second-order valence-corrected chi connectivity index (χ2v) is 24.7. The summed E-state index contributed by atoms with van der Waals surface area (Å²) in [6.45, 7) is 6.82. The van der Waals surface area contributed by atoms with Gasteiger partial charge in [-0.25, -0.2) is 4.57 Å². The van der Waals surface area contributed by atoms with Crippen molar-refractivity contribution >= 4 is 19.7 Å². The quantitative estimate of drug-likeness (QED) is 0.0205. The standard InChI is InChI=1S/C72H125N2O7P/c1-7-10-13-16-19-22-25-28-30-32-33-34-35-36-37-38-39-40-41-43-45-47-50-53-56-59-62-65-72(76)81-70(63-60-57-54-51-48-27-24-21-18-15-12-9-3)69(68-80-82(77,78)79-67-66-74(4,5)6)73-71(75)64-61-58-55-52-49-46-44-42-31-29-26-23-20-17-14-11-8-2/h11,14,19-20,22-23,28-31,33-34,36-37,44,46,52,55,60,63,69-70H,7-10,12-13,15-18,21,24-27,32,35,38-43,45,47-51,53-54,56-59,61-62,64-68H2,1-6H3,(H-,73,75,77,78)/p+1/b14-11-,22-19-,23-20-,30-28-,31-29-,34-33-,37-36-,46-44-,55-52-,63-60-. The SMILES string of the molecule is CC/C=C\C/C=C\C/C=C\C/C=C\C/C=C\CCCC(=O)NC(COP(=O)(O)OCC[N+](C)(C)C)C(/C=C\CCCCCCCCCCCC)OC(=O)CCCCCCCCCCCCC/C=C\C/C=C\C/C=C\C/C=C\CCCCC. The van der Waals surface area contributed by atoms with Crippen LogP contribution in [0.15, 0.2) is 122 Å². The Bertz CT molecular complexity index is 1820. The van der Waals surface area contributed by atoms with Crippen LogP contribution in [0.1, 0.15) is 271 Å². The number of phosphoric ester groups is 1. The van der Waals surface area contributed by atoms with E-state index in [0.29, 0.717) is 17.4 Å². The van der Waals surface area contributed by atoms with Gasteiger partial charge >= 0.3 is 13.8 Å². The van der Waals surface area contributed by atoms with Crippen LogP contribution in [0, 0.1) is 0 Å². The van der Waals surface area contributed by atoms with Gasteiger partial charge in [-0.15, -0.1) is 0 Å². The molecule has 9 nitrogen and oxygen atoms in total. The van der Waals surface area contributed by atoms with Crippen molar-refractivity contribution in [2.75, 3.05) is 40.9 Å². The number of carbonyl (C=O) groups is 2. The summed E-state index contributed by atoms with van der Waals surface area (Å²) in [5.41, 5.74) is 0. The topological polar surface area (TPSA) is 111 Å². The van der Waals surface area contributed by atoms with E-state index in [1.807, 2.05) is 33.3 Å². The molecule has 0 aliphatic carbocycles. The van der Waals surface area contributed by atoms with Crippen LogP contribution in [0.5, 0.6) is 0 Å². The molecule has 82 heavy (non-hydrogen) atoms. The Morgan fingerprint density at radius 1 is 0.439 bits per heavy atom. The summed E-state index contributed by atoms with van der Waals surface area (Å²) in [7, 11) is 1.44. The predicted octanol–water partition coefficient (Wildman–Crippen LogP) is 21.1. The van der Waals surface area contributed by atoms with Crippen molar-refractivity contribution in [3.63, 3.8) is 0 Å². The smallest absolute Gasteiger partial charge is 0.456 e. The number of hydrogen-bond donors (Lipinski definition) is 2. The second-order valence-electron chi connectivity index (χ2n) is 23.3. The Hall–Kier alpha value is -3.59. The number of nitrogens with zero attached hydrogens (tertiary/aromatic N) is 1. The van der Waals surface area contributed by atoms with Crippen LogP contribution in [-0.2, 0) is 27.9 Å². The zero-order chi connectivity index (χ0) is 60.0. The maximum absolute atomic E-state index is 13.5. The van der Waals surface area contributed by atoms with Crippen molar-refractivity contribution in [2.45, 2.75) is 283 Å². The molecule has 3 atom stereocenters. The first-order chi connectivity index (χ1) is 39.9. The minimum Gasteiger partial charge on any atom is -0.456 e. The summed E-state index contributed by atoms with van der Waals surface area (Å²) < 4.78 is 30.7. The molecule has 1 amide bonds. The van der Waals surface area contributed by atoms with Crippen LogP contribution in [-0.4, -0.2) is 74.3 Å². The molecule has 0 aromatic heterocycles. The highest BCUT2D eigenvalue weighted by atomic mass is 31.2. The Kier molecular flexibility index (Phi) is 57.9. The third-order valence-corrected chi connectivity index (χ3v) is 15.1. The first-order valence-electron chi connectivity index (χ1n) is 33.4. The van der Waals surface area contributed by atoms with Gasteiger partial charge in [0.25, 0.3) is 0 Å². The molecule has 0 bridgehead atoms. The molecule has 0 saturated heterocycles. The van der Waals surface area contributed by atoms with Gasteiger partial charge in [0.1, 0.15) is 19.3 Å². The Morgan fingerprint density at radius 2 is 0.793 bits per heavy atom. The molecule has 3 unspecified atom stereocenters. The number of phosphoric acid groups is 1. The van der Waals surface area contributed by atoms with E-state index >= 15 is 0 Å². The first kappa shape index (κ1) is 78.4. The minimum absolute atomic E-state index is 0.0234. The summed E-state index contributed by atoms with van der Waals surface area (Å²) >= 11 is 0. The fraction of sp³-hybridized carbons (Fsp3) is 0.694. The molecule has 10 heteroatoms. The average molecular weight is 1160 g/mol. The van der Waals surface area contributed by atoms with Gasteiger partial charge in [0.15, 0.2) is 0 Å². The molecule has 0 aliphatic heterocycles. The van der Waals surface area contributed by atoms with Crippen LogP contribution < -0.4 is 5.32 Å². The van der Waals surface area contributed by atoms with E-state index < -0.39 is 20.0 Å². The van der Waals surface area contributed by atoms with Gasteiger partial charge < -0.3 is 19.4 Å². The van der Waals surface area contributed by atoms with Crippen molar-refractivity contribution in [1.29, 1.82) is 0 Å². The maximum Gasteiger partial charge on any atom is 0.472 e. The lowest BCUT2D eigenvalue weighted by Gasteiger charge is -2.27. The molecule has 0 heterocycles. The highest BCUT2D eigenvalue weighted by Crippen LogP contribution is 2.43. The monoisotopic (exact) mass is 1160 g/mol. The zero-order valence-corrected chi connectivity index (χ0v) is 54.6. The van der Waals surface area contributed by atoms with Crippen molar-refractivity contribution in [3.05, 3.63) is 122 Å². The van der Waals surface area contributed by atoms with E-state index in [9.17, 15) is 19.0 Å². The number of allylic oxidation sites excluding steroid dienone is 19. The largest absolute Gasteiger partial charge is 0.472 e. The lowest BCUT2D eigenvalue weighted by molar-refractivity contribution is -0.870. The van der Waals surface area contributed by atoms with E-state index in [1.54, 1.807) is 0 Å². The lowest BCUT2D eigenvalue weighted by atomic mass is 10.0. The van der Waals surface area contributed by atoms with E-state index in [-0.39, 0.29) is 37.9 Å². The number of ether oxygens (including phenoxy) is 1. The van der Waals surface area contributed by atoms with Gasteiger partial charge in [-0.05, 0) is 115 Å². The number of hydrogen-bond acceptors (Lipinski definition) is 6. The number of rotatable bonds is 59. The Balaban J connectivity index is 5.17. The molecule has 0 spiro atoms. The van der Waals surface area contributed by atoms with Gasteiger partial charge in [0.2, 0.25) is 5.91 Å². The molecule has 0 radical (unpaired) electrons. The molecule has 0 aromatic rings. The van der Waals surface area contributed by atoms with E-state index in [1.165, 1.54) is 128 Å². The van der Waals surface area contributed by atoms with Crippen LogP contribution in [0.4, 0.5) is 0 Å². The van der Waals surface area contributed by atoms with Crippen molar-refractivity contribution in [1.82, 2.24) is 5.32 Å². The number of likely N-dealkylation sites (N-methyl/N-ethyl adjacent to an activating group) is 1. The first-order valence-corrected chi connectivity index (χ1v) is 34.9. The number of carbonyl (C=O) groups excluding carboxylic acids is 2. The average Bonchev–Trinajstić information content (AvgIpc) is 3.44. The number of unbranched alkanes of at least 4 members (excludes halogenated alkanes) is 25. The van der Waals surface area contributed by atoms with Crippen molar-refractivity contribution in [2.24, 2.45) is 0 Å². The third kappa shape index (κ3) is 61.0. The molecule has 470 valence electrons. The van der Waals surface area contributed by atoms with E-state index in [2.05, 4.69) is 135 Å². The Morgan fingerprint density at radius 3 is 1.22 bits per heavy atom. The zero-order valence-electron chi connectivity index (χ0n) is 53.7. The van der Waals surface area contributed by atoms with Gasteiger partial charge in [-0.1, -0.05) is 265 Å². The van der Waals surface area contributed by atoms with Gasteiger partial charge in [-0.2, -0.15) is 0 Å². The lowest BCUT2D eigenvalue weighted by Crippen LogP contribution is -2.47. The Labute approximate surface area is 505 Å². The molecular weight excluding hydrogens is 1040 g/mol. The van der Waals surface area contributed by atoms with Crippen LogP contribution >= 0.6 is 7.82 Å². The second kappa shape index (κ2) is 60.5. The summed E-state index contributed by atoms with van der Waals surface area (Å²) in [6, 6.07) is -0.887. The van der Waals surface area contributed by atoms with Crippen molar-refractivity contribution in [3.8, 4) is 0 Å². The van der Waals surface area contributed by atoms with Crippen LogP contribution in [0.25, 0.3) is 0 Å². The predicted molar refractivity (Wildman–Crippen MR) is 355 cm³/mol. The third-order valence-electron chi connectivity index (χ3n) is 14.1. The van der Waals surface area contributed by atoms with Gasteiger partial charge in [0.05, 0.1) is 33.8 Å². The fourth-order valence-electron chi connectivity index (χ4n) is 9.02. The highest BCUT2D eigenvalue weighted by Gasteiger charge is 2.30. The summed E-state index contributed by atoms with van der Waals surface area (Å²) in [5, 5.41) is 3.02. The maximum atomic E-state index is 13.5. The molecule has 2 N–H and O–H groups in total. The summed E-state index contributed by atoms with van der Waals surface area (Å²) in [4.78, 5) is 37.8. The molecule has 0 aromatic carbocycles. The number of amides is 1. The fourth-order valence-corrected chi connectivity index (χ4v) is 9.75. The van der Waals surface area contributed by atoms with Crippen molar-refractivity contribution < 1.29 is 37.3 Å². The highest BCUT2D eigenvalue weighted by molar-refractivity contribution is 7.47. The normalized spacial score (nSPS) is 14.4. The van der Waals surface area contributed by atoms with E-state index in [4.69, 9.17) is 13.8 Å². The molecule has 0 aliphatic rings. The number of quaternary nitrogens is 1. The number of esters is 1.